The average molecular weight is 300 g/mol. The molecule has 1 atom stereocenters. The number of hydrogen-bond acceptors (Lipinski definition) is 3. The van der Waals surface area contributed by atoms with Crippen LogP contribution in [0.15, 0.2) is 30.3 Å². The number of ether oxygens (including phenoxy) is 1. The number of primary amides is 1. The summed E-state index contributed by atoms with van der Waals surface area (Å²) in [4.78, 5) is 10.9. The fourth-order valence-electron chi connectivity index (χ4n) is 1.89. The number of carbonyl (C=O) groups excluding carboxylic acids is 1. The summed E-state index contributed by atoms with van der Waals surface area (Å²) >= 11 is 0. The maximum Gasteiger partial charge on any atom is 0.406 e. The van der Waals surface area contributed by atoms with E-state index in [0.29, 0.717) is 6.42 Å². The van der Waals surface area contributed by atoms with Gasteiger partial charge in [-0.25, -0.2) is 4.79 Å². The minimum absolute atomic E-state index is 0.0491. The number of nitrogens with zero attached hydrogens (tertiary/aromatic N) is 1. The van der Waals surface area contributed by atoms with Crippen LogP contribution in [0.2, 0.25) is 0 Å². The lowest BCUT2D eigenvalue weighted by Gasteiger charge is -2.26. The summed E-state index contributed by atoms with van der Waals surface area (Å²) in [6.45, 7) is 0. The number of carbonyl (C=O) groups is 1. The third kappa shape index (κ3) is 6.17. The fourth-order valence-corrected chi connectivity index (χ4v) is 1.89. The van der Waals surface area contributed by atoms with Crippen LogP contribution in [-0.4, -0.2) is 17.9 Å². The first kappa shape index (κ1) is 16.8. The molecular formula is C14H15F3N2O2. The van der Waals surface area contributed by atoms with Gasteiger partial charge in [0.2, 0.25) is 0 Å². The quantitative estimate of drug-likeness (QED) is 0.875. The summed E-state index contributed by atoms with van der Waals surface area (Å²) in [5, 5.41) is 9.15. The number of hydrogen-bond donors (Lipinski definition) is 1. The van der Waals surface area contributed by atoms with E-state index in [0.717, 1.165) is 5.56 Å². The molecule has 0 saturated carbocycles. The number of amides is 1. The summed E-state index contributed by atoms with van der Waals surface area (Å²) in [6, 6.07) is 10.6. The van der Waals surface area contributed by atoms with Gasteiger partial charge in [0.25, 0.3) is 0 Å². The Kier molecular flexibility index (Phi) is 5.59. The van der Waals surface area contributed by atoms with E-state index in [4.69, 9.17) is 11.0 Å². The summed E-state index contributed by atoms with van der Waals surface area (Å²) in [7, 11) is 0. The molecule has 7 heteroatoms. The maximum absolute atomic E-state index is 12.3. The lowest BCUT2D eigenvalue weighted by atomic mass is 9.91. The Morgan fingerprint density at radius 2 is 1.81 bits per heavy atom. The molecule has 21 heavy (non-hydrogen) atoms. The van der Waals surface area contributed by atoms with Gasteiger partial charge in [0.15, 0.2) is 5.60 Å². The minimum Gasteiger partial charge on any atom is -0.428 e. The molecule has 2 N–H and O–H groups in total. The molecule has 0 aliphatic rings. The lowest BCUT2D eigenvalue weighted by molar-refractivity contribution is -0.143. The molecule has 0 bridgehead atoms. The first-order chi connectivity index (χ1) is 9.76. The van der Waals surface area contributed by atoms with Crippen LogP contribution in [0.5, 0.6) is 0 Å². The van der Waals surface area contributed by atoms with E-state index in [9.17, 15) is 18.0 Å². The number of aryl methyl sites for hydroxylation is 1. The van der Waals surface area contributed by atoms with E-state index < -0.39 is 30.7 Å². The highest BCUT2D eigenvalue weighted by molar-refractivity contribution is 5.65. The molecule has 114 valence electrons. The molecule has 0 aliphatic heterocycles. The molecule has 0 fully saturated rings. The summed E-state index contributed by atoms with van der Waals surface area (Å²) in [6.07, 6.45) is -7.29. The highest BCUT2D eigenvalue weighted by Crippen LogP contribution is 2.30. The van der Waals surface area contributed by atoms with Crippen LogP contribution in [0.3, 0.4) is 0 Å². The van der Waals surface area contributed by atoms with Crippen LogP contribution in [0, 0.1) is 11.3 Å². The van der Waals surface area contributed by atoms with Gasteiger partial charge in [-0.05, 0) is 12.0 Å². The largest absolute Gasteiger partial charge is 0.428 e. The van der Waals surface area contributed by atoms with Crippen molar-refractivity contribution in [1.82, 2.24) is 0 Å². The normalized spacial score (nSPS) is 14.0. The van der Waals surface area contributed by atoms with Crippen molar-refractivity contribution in [1.29, 1.82) is 5.26 Å². The minimum atomic E-state index is -4.43. The van der Waals surface area contributed by atoms with Crippen molar-refractivity contribution >= 4 is 6.09 Å². The number of rotatable bonds is 6. The molecule has 0 heterocycles. The van der Waals surface area contributed by atoms with Crippen LogP contribution >= 0.6 is 0 Å². The molecule has 0 aromatic heterocycles. The smallest absolute Gasteiger partial charge is 0.406 e. The molecule has 1 aromatic rings. The van der Waals surface area contributed by atoms with E-state index in [1.807, 2.05) is 0 Å². The van der Waals surface area contributed by atoms with E-state index in [1.165, 1.54) is 0 Å². The second-order valence-electron chi connectivity index (χ2n) is 4.63. The average Bonchev–Trinajstić information content (AvgIpc) is 2.42. The zero-order valence-electron chi connectivity index (χ0n) is 11.2. The molecule has 0 radical (unpaired) electrons. The Hall–Kier alpha value is -2.23. The molecule has 0 saturated heterocycles. The monoisotopic (exact) mass is 300 g/mol. The lowest BCUT2D eigenvalue weighted by Crippen LogP contribution is -2.37. The highest BCUT2D eigenvalue weighted by Gasteiger charge is 2.39. The zero-order chi connectivity index (χ0) is 15.9. The van der Waals surface area contributed by atoms with Crippen molar-refractivity contribution in [3.8, 4) is 6.07 Å². The standard InChI is InChI=1S/C14H15F3N2O2/c15-14(16,17)9-8-13(10-18,21-12(19)20)7-6-11-4-2-1-3-5-11/h1-5H,6-9H2,(H2,19,20). The van der Waals surface area contributed by atoms with Gasteiger partial charge in [-0.1, -0.05) is 30.3 Å². The number of alkyl halides is 3. The van der Waals surface area contributed by atoms with E-state index in [1.54, 1.807) is 36.4 Å². The van der Waals surface area contributed by atoms with Crippen molar-refractivity contribution in [3.05, 3.63) is 35.9 Å². The van der Waals surface area contributed by atoms with Gasteiger partial charge in [0.05, 0.1) is 0 Å². The van der Waals surface area contributed by atoms with E-state index >= 15 is 0 Å². The summed E-state index contributed by atoms with van der Waals surface area (Å²) in [5.74, 6) is 0. The third-order valence-electron chi connectivity index (χ3n) is 2.97. The van der Waals surface area contributed by atoms with Crippen LogP contribution in [0.25, 0.3) is 0 Å². The predicted molar refractivity (Wildman–Crippen MR) is 69.1 cm³/mol. The third-order valence-corrected chi connectivity index (χ3v) is 2.97. The van der Waals surface area contributed by atoms with Crippen molar-refractivity contribution in [2.75, 3.05) is 0 Å². The molecule has 0 aliphatic carbocycles. The molecule has 4 nitrogen and oxygen atoms in total. The molecular weight excluding hydrogens is 285 g/mol. The Morgan fingerprint density at radius 1 is 1.19 bits per heavy atom. The molecule has 1 unspecified atom stereocenters. The first-order valence-corrected chi connectivity index (χ1v) is 6.27. The number of nitrogens with two attached hydrogens (primary N) is 1. The van der Waals surface area contributed by atoms with E-state index in [-0.39, 0.29) is 6.42 Å². The zero-order valence-corrected chi connectivity index (χ0v) is 11.2. The maximum atomic E-state index is 12.3. The predicted octanol–water partition coefficient (Wildman–Crippen LogP) is 3.32. The van der Waals surface area contributed by atoms with Crippen LogP contribution in [-0.2, 0) is 11.2 Å². The van der Waals surface area contributed by atoms with Gasteiger partial charge < -0.3 is 10.5 Å². The van der Waals surface area contributed by atoms with Gasteiger partial charge in [-0.15, -0.1) is 0 Å². The van der Waals surface area contributed by atoms with Crippen molar-refractivity contribution < 1.29 is 22.7 Å². The summed E-state index contributed by atoms with van der Waals surface area (Å²) in [5.41, 5.74) is 3.84. The SMILES string of the molecule is N#CC(CCc1ccccc1)(CCC(F)(F)F)OC(N)=O. The highest BCUT2D eigenvalue weighted by atomic mass is 19.4. The topological polar surface area (TPSA) is 76.1 Å². The Bertz CT molecular complexity index is 511. The molecule has 0 spiro atoms. The summed E-state index contributed by atoms with van der Waals surface area (Å²) < 4.78 is 41.7. The number of nitriles is 1. The fraction of sp³-hybridized carbons (Fsp3) is 0.429. The Morgan fingerprint density at radius 3 is 2.29 bits per heavy atom. The van der Waals surface area contributed by atoms with E-state index in [2.05, 4.69) is 4.74 Å². The van der Waals surface area contributed by atoms with Crippen molar-refractivity contribution in [2.45, 2.75) is 37.5 Å². The number of halogens is 3. The second kappa shape index (κ2) is 6.97. The van der Waals surface area contributed by atoms with Crippen molar-refractivity contribution in [2.24, 2.45) is 5.73 Å². The van der Waals surface area contributed by atoms with Crippen molar-refractivity contribution in [3.63, 3.8) is 0 Å². The van der Waals surface area contributed by atoms with Gasteiger partial charge in [-0.3, -0.25) is 0 Å². The van der Waals surface area contributed by atoms with Gasteiger partial charge in [0.1, 0.15) is 6.07 Å². The van der Waals surface area contributed by atoms with Gasteiger partial charge in [0, 0.05) is 19.3 Å². The molecule has 1 amide bonds. The molecule has 1 rings (SSSR count). The molecule has 1 aromatic carbocycles. The van der Waals surface area contributed by atoms with Gasteiger partial charge >= 0.3 is 12.3 Å². The van der Waals surface area contributed by atoms with Crippen LogP contribution < -0.4 is 5.73 Å². The van der Waals surface area contributed by atoms with Crippen LogP contribution in [0.1, 0.15) is 24.8 Å². The Labute approximate surface area is 120 Å². The second-order valence-corrected chi connectivity index (χ2v) is 4.63. The van der Waals surface area contributed by atoms with Gasteiger partial charge in [-0.2, -0.15) is 18.4 Å². The first-order valence-electron chi connectivity index (χ1n) is 6.27. The Balaban J connectivity index is 2.80. The van der Waals surface area contributed by atoms with Crippen LogP contribution in [0.4, 0.5) is 18.0 Å². The number of benzene rings is 1.